The van der Waals surface area contributed by atoms with Crippen molar-refractivity contribution in [1.29, 1.82) is 0 Å². The predicted octanol–water partition coefficient (Wildman–Crippen LogP) is 10.7. The molecule has 7 rings (SSSR count). The number of hydrogen-bond acceptors (Lipinski definition) is 6. The third-order valence-corrected chi connectivity index (χ3v) is 11.5. The van der Waals surface area contributed by atoms with Crippen molar-refractivity contribution >= 4 is 23.0 Å². The molecule has 0 fully saturated rings. The average molecular weight is 661 g/mol. The van der Waals surface area contributed by atoms with Crippen LogP contribution in [0.2, 0.25) is 0 Å². The van der Waals surface area contributed by atoms with Gasteiger partial charge in [-0.2, -0.15) is 0 Å². The molecule has 6 heteroatoms. The first-order valence-electron chi connectivity index (χ1n) is 17.5. The van der Waals surface area contributed by atoms with Crippen LogP contribution in [0.4, 0.5) is 11.4 Å². The SMILES string of the molecule is CC1=NC(C)(C)C(C)(C)N1c1cncc(-c2cc(-c3ccc(-c4ccccc4)cc3)cc(-c3cncc(N4C(C)=NC(C)(C)C4(C)C)c3)c2)c1. The summed E-state index contributed by atoms with van der Waals surface area (Å²) in [5, 5.41) is 0. The van der Waals surface area contributed by atoms with E-state index in [0.717, 1.165) is 56.4 Å². The van der Waals surface area contributed by atoms with E-state index in [-0.39, 0.29) is 22.2 Å². The molecular formula is C44H48N6. The monoisotopic (exact) mass is 660 g/mol. The van der Waals surface area contributed by atoms with Gasteiger partial charge >= 0.3 is 0 Å². The summed E-state index contributed by atoms with van der Waals surface area (Å²) in [4.78, 5) is 24.3. The molecule has 50 heavy (non-hydrogen) atoms. The maximum absolute atomic E-state index is 5.03. The molecule has 0 N–H and O–H groups in total. The Bertz CT molecular complexity index is 2030. The fraction of sp³-hybridized carbons (Fsp3) is 0.318. The van der Waals surface area contributed by atoms with Crippen LogP contribution < -0.4 is 9.80 Å². The largest absolute Gasteiger partial charge is 0.321 e. The van der Waals surface area contributed by atoms with Gasteiger partial charge in [-0.1, -0.05) is 54.6 Å². The summed E-state index contributed by atoms with van der Waals surface area (Å²) in [6, 6.07) is 30.7. The Balaban J connectivity index is 1.35. The van der Waals surface area contributed by atoms with Crippen LogP contribution in [-0.2, 0) is 0 Å². The van der Waals surface area contributed by atoms with Crippen molar-refractivity contribution in [1.82, 2.24) is 9.97 Å². The Morgan fingerprint density at radius 3 is 1.14 bits per heavy atom. The lowest BCUT2D eigenvalue weighted by Crippen LogP contribution is -2.53. The maximum atomic E-state index is 5.03. The number of hydrogen-bond donors (Lipinski definition) is 0. The lowest BCUT2D eigenvalue weighted by molar-refractivity contribution is 0.338. The van der Waals surface area contributed by atoms with Crippen LogP contribution in [0, 0.1) is 0 Å². The highest BCUT2D eigenvalue weighted by Crippen LogP contribution is 2.44. The highest BCUT2D eigenvalue weighted by Gasteiger charge is 2.49. The highest BCUT2D eigenvalue weighted by atomic mass is 15.3. The van der Waals surface area contributed by atoms with Gasteiger partial charge in [0.25, 0.3) is 0 Å². The summed E-state index contributed by atoms with van der Waals surface area (Å²) in [6.07, 6.45) is 7.84. The van der Waals surface area contributed by atoms with E-state index in [2.05, 4.69) is 164 Å². The highest BCUT2D eigenvalue weighted by molar-refractivity contribution is 6.01. The molecule has 3 aromatic carbocycles. The van der Waals surface area contributed by atoms with Gasteiger partial charge in [-0.15, -0.1) is 0 Å². The third-order valence-electron chi connectivity index (χ3n) is 11.5. The van der Waals surface area contributed by atoms with Crippen molar-refractivity contribution in [2.45, 2.75) is 91.4 Å². The molecule has 0 saturated heterocycles. The molecule has 0 atom stereocenters. The van der Waals surface area contributed by atoms with Crippen LogP contribution in [0.3, 0.4) is 0 Å². The van der Waals surface area contributed by atoms with Crippen LogP contribution in [0.5, 0.6) is 0 Å². The summed E-state index contributed by atoms with van der Waals surface area (Å²) in [6.45, 7) is 22.0. The molecular weight excluding hydrogens is 613 g/mol. The zero-order valence-corrected chi connectivity index (χ0v) is 31.1. The Hall–Kier alpha value is -5.10. The molecule has 2 aromatic heterocycles. The minimum absolute atomic E-state index is 0.212. The van der Waals surface area contributed by atoms with E-state index in [1.807, 2.05) is 24.8 Å². The lowest BCUT2D eigenvalue weighted by atomic mass is 9.83. The lowest BCUT2D eigenvalue weighted by Gasteiger charge is -2.41. The molecule has 4 heterocycles. The molecule has 2 aliphatic rings. The summed E-state index contributed by atoms with van der Waals surface area (Å²) >= 11 is 0. The van der Waals surface area contributed by atoms with Crippen molar-refractivity contribution in [2.75, 3.05) is 9.80 Å². The Morgan fingerprint density at radius 1 is 0.400 bits per heavy atom. The molecule has 254 valence electrons. The normalized spacial score (nSPS) is 18.6. The third kappa shape index (κ3) is 5.51. The number of aliphatic imine (C=N–C) groups is 2. The number of benzene rings is 3. The Morgan fingerprint density at radius 2 is 0.760 bits per heavy atom. The minimum Gasteiger partial charge on any atom is -0.321 e. The Labute approximate surface area is 297 Å². The topological polar surface area (TPSA) is 57.0 Å². The molecule has 0 radical (unpaired) electrons. The zero-order valence-electron chi connectivity index (χ0n) is 31.1. The molecule has 6 nitrogen and oxygen atoms in total. The fourth-order valence-electron chi connectivity index (χ4n) is 7.59. The second-order valence-corrected chi connectivity index (χ2v) is 15.8. The summed E-state index contributed by atoms with van der Waals surface area (Å²) in [5.41, 5.74) is 10.2. The zero-order chi connectivity index (χ0) is 35.6. The summed E-state index contributed by atoms with van der Waals surface area (Å²) in [5.74, 6) is 2.00. The van der Waals surface area contributed by atoms with Gasteiger partial charge in [-0.25, -0.2) is 0 Å². The van der Waals surface area contributed by atoms with Crippen LogP contribution in [-0.4, -0.2) is 43.8 Å². The van der Waals surface area contributed by atoms with Crippen molar-refractivity contribution in [3.63, 3.8) is 0 Å². The van der Waals surface area contributed by atoms with E-state index in [4.69, 9.17) is 20.0 Å². The standard InChI is InChI=1S/C44H48N6/c1-29-47-41(3,4)43(7,8)49(29)39-23-37(25-45-27-39)35-20-34(33-18-16-32(17-19-33)31-14-12-11-13-15-31)21-36(22-35)38-24-40(28-46-26-38)50-30(2)48-42(5,6)44(50,9)10/h11-28H,1-10H3. The molecule has 0 bridgehead atoms. The van der Waals surface area contributed by atoms with Crippen LogP contribution in [0.25, 0.3) is 44.5 Å². The van der Waals surface area contributed by atoms with Crippen molar-refractivity contribution in [3.05, 3.63) is 110 Å². The first kappa shape index (κ1) is 33.4. The fourth-order valence-corrected chi connectivity index (χ4v) is 7.59. The van der Waals surface area contributed by atoms with E-state index < -0.39 is 0 Å². The van der Waals surface area contributed by atoms with E-state index in [1.165, 1.54) is 11.1 Å². The van der Waals surface area contributed by atoms with Gasteiger partial charge in [0.1, 0.15) is 11.7 Å². The number of rotatable bonds is 6. The molecule has 0 aliphatic carbocycles. The molecule has 0 unspecified atom stereocenters. The van der Waals surface area contributed by atoms with Gasteiger partial charge in [0.2, 0.25) is 0 Å². The number of amidine groups is 2. The number of pyridine rings is 2. The van der Waals surface area contributed by atoms with Gasteiger partial charge in [0, 0.05) is 23.5 Å². The predicted molar refractivity (Wildman–Crippen MR) is 211 cm³/mol. The first-order chi connectivity index (χ1) is 23.6. The van der Waals surface area contributed by atoms with Crippen LogP contribution in [0.15, 0.2) is 120 Å². The maximum Gasteiger partial charge on any atom is 0.102 e. The van der Waals surface area contributed by atoms with E-state index in [1.54, 1.807) is 0 Å². The van der Waals surface area contributed by atoms with Crippen molar-refractivity contribution < 1.29 is 0 Å². The summed E-state index contributed by atoms with van der Waals surface area (Å²) < 4.78 is 0. The Kier molecular flexibility index (Phi) is 7.85. The number of aromatic nitrogens is 2. The van der Waals surface area contributed by atoms with Crippen molar-refractivity contribution in [3.8, 4) is 44.5 Å². The van der Waals surface area contributed by atoms with Gasteiger partial charge in [0.05, 0.1) is 45.9 Å². The molecule has 0 saturated carbocycles. The number of anilines is 2. The van der Waals surface area contributed by atoms with E-state index in [0.29, 0.717) is 0 Å². The van der Waals surface area contributed by atoms with E-state index >= 15 is 0 Å². The second-order valence-electron chi connectivity index (χ2n) is 15.8. The number of nitrogens with zero attached hydrogens (tertiary/aromatic N) is 6. The smallest absolute Gasteiger partial charge is 0.102 e. The van der Waals surface area contributed by atoms with Crippen LogP contribution in [0.1, 0.15) is 69.2 Å². The molecule has 2 aliphatic heterocycles. The summed E-state index contributed by atoms with van der Waals surface area (Å²) in [7, 11) is 0. The van der Waals surface area contributed by atoms with Gasteiger partial charge in [0.15, 0.2) is 0 Å². The van der Waals surface area contributed by atoms with Gasteiger partial charge < -0.3 is 9.80 Å². The van der Waals surface area contributed by atoms with Crippen LogP contribution >= 0.6 is 0 Å². The second kappa shape index (κ2) is 11.8. The molecule has 0 amide bonds. The molecule has 5 aromatic rings. The quantitative estimate of drug-likeness (QED) is 0.182. The average Bonchev–Trinajstić information content (AvgIpc) is 3.36. The van der Waals surface area contributed by atoms with Gasteiger partial charge in [-0.3, -0.25) is 20.0 Å². The van der Waals surface area contributed by atoms with Gasteiger partial charge in [-0.05, 0) is 133 Å². The molecule has 0 spiro atoms. The minimum atomic E-state index is -0.230. The van der Waals surface area contributed by atoms with Crippen molar-refractivity contribution in [2.24, 2.45) is 9.98 Å². The van der Waals surface area contributed by atoms with E-state index in [9.17, 15) is 0 Å². The first-order valence-corrected chi connectivity index (χ1v) is 17.5.